The molecule has 5 N–H and O–H groups in total. The molecule has 10 nitrogen and oxygen atoms in total. The number of hydrogen-bond acceptors (Lipinski definition) is 7. The summed E-state index contributed by atoms with van der Waals surface area (Å²) in [6.07, 6.45) is 19.5. The van der Waals surface area contributed by atoms with Crippen molar-refractivity contribution in [3.63, 3.8) is 0 Å². The Morgan fingerprint density at radius 1 is 0.712 bits per heavy atom. The van der Waals surface area contributed by atoms with E-state index in [9.17, 15) is 30.0 Å². The number of carboxylic acids is 2. The lowest BCUT2D eigenvalue weighted by Gasteiger charge is -2.17. The van der Waals surface area contributed by atoms with Gasteiger partial charge in [-0.05, 0) is 110 Å². The maximum atomic E-state index is 11.9. The molecule has 59 heavy (non-hydrogen) atoms. The highest BCUT2D eigenvalue weighted by Gasteiger charge is 2.30. The van der Waals surface area contributed by atoms with Crippen molar-refractivity contribution in [3.05, 3.63) is 97.3 Å². The minimum atomic E-state index is -0.992. The van der Waals surface area contributed by atoms with E-state index in [0.717, 1.165) is 75.1 Å². The second-order valence-corrected chi connectivity index (χ2v) is 17.3. The van der Waals surface area contributed by atoms with E-state index in [1.54, 1.807) is 18.2 Å². The zero-order chi connectivity index (χ0) is 43.0. The number of nitrogens with zero attached hydrogens (tertiary/aromatic N) is 3. The van der Waals surface area contributed by atoms with E-state index in [-0.39, 0.29) is 25.7 Å². The van der Waals surface area contributed by atoms with E-state index in [4.69, 9.17) is 15.0 Å². The van der Waals surface area contributed by atoms with Gasteiger partial charge in [0.15, 0.2) is 0 Å². The lowest BCUT2D eigenvalue weighted by molar-refractivity contribution is -0.137. The first kappa shape index (κ1) is 45.0. The maximum absolute atomic E-state index is 11.9. The number of allylic oxidation sites excluding steroid dienone is 7. The van der Waals surface area contributed by atoms with Crippen LogP contribution < -0.4 is 10.7 Å². The van der Waals surface area contributed by atoms with Crippen molar-refractivity contribution >= 4 is 47.3 Å². The molecule has 0 saturated heterocycles. The predicted molar refractivity (Wildman–Crippen MR) is 240 cm³/mol. The number of H-pyrrole nitrogens is 1. The van der Waals surface area contributed by atoms with Crippen LogP contribution in [0.4, 0.5) is 0 Å². The van der Waals surface area contributed by atoms with Crippen molar-refractivity contribution < 1.29 is 30.0 Å². The number of carboxylic acid groups (broad SMARTS) is 2. The minimum absolute atomic E-state index is 0.0939. The predicted octanol–water partition coefficient (Wildman–Crippen LogP) is 9.53. The molecule has 0 fully saturated rings. The van der Waals surface area contributed by atoms with Gasteiger partial charge in [0.25, 0.3) is 0 Å². The van der Waals surface area contributed by atoms with Crippen molar-refractivity contribution in [1.82, 2.24) is 4.98 Å². The van der Waals surface area contributed by atoms with E-state index in [1.807, 2.05) is 32.9 Å². The van der Waals surface area contributed by atoms with Crippen LogP contribution in [0.1, 0.15) is 136 Å². The standard InChI is InChI=1S/C49H64N4O6/c1-9-34-31(6)39-25-45-49(46(55)18-12-17-30(5)16-11-15-29(4)14-10-13-28(2)3)33(8)40(52-45)24-44-37(27-54)36(20-22-48(58)59)43(53-44)26-42-35(19-21-47(56)57)32(7)38(51-42)23-41(34)50-39/h9,23-30,46,50,54-55H,1,10-22H2,2-8H3,(H,56,57)(H,58,59)/b37-27+,39-25?,40-24?,41-23?,42-26?. The molecule has 4 aliphatic heterocycles. The van der Waals surface area contributed by atoms with E-state index in [1.165, 1.54) is 38.5 Å². The fourth-order valence-electron chi connectivity index (χ4n) is 8.62. The number of aliphatic hydroxyl groups is 2. The summed E-state index contributed by atoms with van der Waals surface area (Å²) in [6.45, 7) is 19.3. The largest absolute Gasteiger partial charge is 0.515 e. The van der Waals surface area contributed by atoms with Crippen molar-refractivity contribution in [2.75, 3.05) is 0 Å². The lowest BCUT2D eigenvalue weighted by atomic mass is 9.90. The number of nitrogens with one attached hydrogen (secondary N) is 1. The zero-order valence-electron chi connectivity index (χ0n) is 36.1. The van der Waals surface area contributed by atoms with Crippen LogP contribution >= 0.6 is 0 Å². The molecule has 3 atom stereocenters. The van der Waals surface area contributed by atoms with Gasteiger partial charge in [0.2, 0.25) is 0 Å². The second kappa shape index (κ2) is 20.2. The van der Waals surface area contributed by atoms with E-state index in [0.29, 0.717) is 57.7 Å². The average molecular weight is 805 g/mol. The first-order valence-corrected chi connectivity index (χ1v) is 21.5. The molecule has 4 aliphatic rings. The van der Waals surface area contributed by atoms with Crippen LogP contribution in [0.25, 0.3) is 18.2 Å². The smallest absolute Gasteiger partial charge is 0.303 e. The van der Waals surface area contributed by atoms with Gasteiger partial charge in [-0.2, -0.15) is 0 Å². The van der Waals surface area contributed by atoms with Gasteiger partial charge in [-0.1, -0.05) is 91.7 Å². The van der Waals surface area contributed by atoms with Crippen molar-refractivity contribution in [2.45, 2.75) is 138 Å². The molecule has 0 amide bonds. The molecule has 8 bridgehead atoms. The number of hydrogen-bond donors (Lipinski definition) is 5. The Hall–Kier alpha value is -5.09. The molecule has 5 rings (SSSR count). The highest BCUT2D eigenvalue weighted by molar-refractivity contribution is 6.25. The molecule has 3 unspecified atom stereocenters. The fourth-order valence-corrected chi connectivity index (χ4v) is 8.62. The van der Waals surface area contributed by atoms with Crippen molar-refractivity contribution in [2.24, 2.45) is 32.7 Å². The summed E-state index contributed by atoms with van der Waals surface area (Å²) >= 11 is 0. The molecular formula is C49H64N4O6. The molecular weight excluding hydrogens is 741 g/mol. The third-order valence-corrected chi connectivity index (χ3v) is 12.2. The Bertz CT molecular complexity index is 2250. The molecule has 1 aromatic rings. The molecule has 0 aromatic carbocycles. The molecule has 0 saturated carbocycles. The van der Waals surface area contributed by atoms with Crippen molar-refractivity contribution in [3.8, 4) is 0 Å². The van der Waals surface area contributed by atoms with Gasteiger partial charge >= 0.3 is 11.9 Å². The Kier molecular flexibility index (Phi) is 15.4. The molecule has 0 spiro atoms. The number of aliphatic hydroxyl groups excluding tert-OH is 2. The van der Waals surface area contributed by atoms with Gasteiger partial charge < -0.3 is 25.4 Å². The SMILES string of the molecule is C=Cc1c(C)c2[nH]c1=CC1=NC(=CC3=C(CCC(=O)O)/C(=C\O)C(=N3)C=C3N=C(C=2)C(C(O)CCCC(C)CCCC(C)CCCC(C)C)=C3C)C(CCC(=O)O)=C1C. The number of aromatic nitrogens is 1. The minimum Gasteiger partial charge on any atom is -0.515 e. The first-order chi connectivity index (χ1) is 28.1. The summed E-state index contributed by atoms with van der Waals surface area (Å²) in [7, 11) is 0. The summed E-state index contributed by atoms with van der Waals surface area (Å²) in [5, 5.41) is 43.3. The Balaban J connectivity index is 1.52. The number of aliphatic imine (C=N–C) groups is 3. The van der Waals surface area contributed by atoms with Gasteiger partial charge in [-0.25, -0.2) is 15.0 Å². The monoisotopic (exact) mass is 804 g/mol. The number of fused-ring (bicyclic) bond motifs is 5. The summed E-state index contributed by atoms with van der Waals surface area (Å²) in [5.74, 6) is 0.162. The highest BCUT2D eigenvalue weighted by Crippen LogP contribution is 2.38. The van der Waals surface area contributed by atoms with Crippen LogP contribution in [0, 0.1) is 24.7 Å². The third-order valence-electron chi connectivity index (χ3n) is 12.2. The summed E-state index contributed by atoms with van der Waals surface area (Å²) in [4.78, 5) is 42.0. The third kappa shape index (κ3) is 11.1. The topological polar surface area (TPSA) is 168 Å². The first-order valence-electron chi connectivity index (χ1n) is 21.5. The molecule has 1 aromatic heterocycles. The number of rotatable bonds is 20. The summed E-state index contributed by atoms with van der Waals surface area (Å²) < 4.78 is 0. The number of aromatic amines is 1. The molecule has 10 heteroatoms. The van der Waals surface area contributed by atoms with E-state index < -0.39 is 18.0 Å². The van der Waals surface area contributed by atoms with Crippen LogP contribution in [0.2, 0.25) is 0 Å². The summed E-state index contributed by atoms with van der Waals surface area (Å²) in [6, 6.07) is 0. The Morgan fingerprint density at radius 3 is 1.88 bits per heavy atom. The molecule has 316 valence electrons. The van der Waals surface area contributed by atoms with Gasteiger partial charge in [-0.15, -0.1) is 0 Å². The van der Waals surface area contributed by atoms with E-state index >= 15 is 0 Å². The Morgan fingerprint density at radius 2 is 1.29 bits per heavy atom. The molecule has 5 heterocycles. The highest BCUT2D eigenvalue weighted by atomic mass is 16.4. The maximum Gasteiger partial charge on any atom is 0.303 e. The number of aliphatic carboxylic acids is 2. The quantitative estimate of drug-likeness (QED) is 0.0823. The summed E-state index contributed by atoms with van der Waals surface area (Å²) in [5.41, 5.74) is 9.05. The molecule has 0 aliphatic carbocycles. The fraction of sp³-hybridized carbons (Fsp3) is 0.490. The van der Waals surface area contributed by atoms with Gasteiger partial charge in [0.1, 0.15) is 0 Å². The van der Waals surface area contributed by atoms with Crippen molar-refractivity contribution in [1.29, 1.82) is 0 Å². The van der Waals surface area contributed by atoms with Gasteiger partial charge in [-0.3, -0.25) is 9.59 Å². The van der Waals surface area contributed by atoms with Crippen LogP contribution in [-0.2, 0) is 9.59 Å². The Labute approximate surface area is 349 Å². The zero-order valence-corrected chi connectivity index (χ0v) is 36.1. The van der Waals surface area contributed by atoms with Crippen LogP contribution in [0.3, 0.4) is 0 Å². The number of carbonyl (C=O) groups is 2. The second-order valence-electron chi connectivity index (χ2n) is 17.3. The van der Waals surface area contributed by atoms with Gasteiger partial charge in [0, 0.05) is 40.2 Å². The average Bonchev–Trinajstić information content (AvgIpc) is 3.85. The van der Waals surface area contributed by atoms with Gasteiger partial charge in [0.05, 0.1) is 46.6 Å². The lowest BCUT2D eigenvalue weighted by Crippen LogP contribution is -2.20. The normalized spacial score (nSPS) is 18.7. The van der Waals surface area contributed by atoms with E-state index in [2.05, 4.69) is 39.3 Å². The van der Waals surface area contributed by atoms with Crippen LogP contribution in [0.5, 0.6) is 0 Å². The van der Waals surface area contributed by atoms with Crippen LogP contribution in [0.15, 0.2) is 90.5 Å². The molecule has 0 radical (unpaired) electrons. The van der Waals surface area contributed by atoms with Crippen LogP contribution in [-0.4, -0.2) is 60.6 Å².